The molecule has 0 aromatic heterocycles. The molecule has 19 heavy (non-hydrogen) atoms. The van der Waals surface area contributed by atoms with Gasteiger partial charge in [0.15, 0.2) is 0 Å². The molecule has 1 unspecified atom stereocenters. The van der Waals surface area contributed by atoms with Crippen LogP contribution in [0.5, 0.6) is 0 Å². The molecule has 0 spiro atoms. The van der Waals surface area contributed by atoms with Crippen molar-refractivity contribution in [1.29, 1.82) is 0 Å². The molecule has 0 aliphatic carbocycles. The first-order chi connectivity index (χ1) is 9.02. The van der Waals surface area contributed by atoms with Gasteiger partial charge < -0.3 is 15.4 Å². The maximum atomic E-state index is 12.4. The minimum Gasteiger partial charge on any atom is -0.377 e. The lowest BCUT2D eigenvalue weighted by Crippen LogP contribution is -2.54. The summed E-state index contributed by atoms with van der Waals surface area (Å²) in [5, 5.41) is 0.321. The highest BCUT2D eigenvalue weighted by Crippen LogP contribution is 2.27. The Labute approximate surface area is 123 Å². The molecule has 1 aromatic carbocycles. The van der Waals surface area contributed by atoms with E-state index in [0.29, 0.717) is 28.2 Å². The van der Waals surface area contributed by atoms with Crippen molar-refractivity contribution in [3.8, 4) is 0 Å². The van der Waals surface area contributed by atoms with E-state index in [2.05, 4.69) is 15.9 Å². The Balaban J connectivity index is 2.31. The third-order valence-corrected chi connectivity index (χ3v) is 4.20. The zero-order chi connectivity index (χ0) is 14.0. The molecule has 2 amide bonds. The first kappa shape index (κ1) is 14.3. The van der Waals surface area contributed by atoms with Crippen LogP contribution in [0, 0.1) is 0 Å². The number of hydrogen-bond acceptors (Lipinski definition) is 3. The topological polar surface area (TPSA) is 72.6 Å². The number of carbonyl (C=O) groups is 2. The van der Waals surface area contributed by atoms with Crippen LogP contribution in [-0.2, 0) is 9.53 Å². The van der Waals surface area contributed by atoms with Gasteiger partial charge in [-0.05, 0) is 28.1 Å². The number of rotatable bonds is 2. The molecular formula is C12H12BrClN2O3. The van der Waals surface area contributed by atoms with E-state index in [4.69, 9.17) is 22.1 Å². The van der Waals surface area contributed by atoms with Crippen LogP contribution in [0.2, 0.25) is 5.02 Å². The largest absolute Gasteiger partial charge is 0.377 e. The first-order valence-corrected chi connectivity index (χ1v) is 6.81. The Morgan fingerprint density at radius 3 is 2.89 bits per heavy atom. The number of carbonyl (C=O) groups excluding carboxylic acids is 2. The van der Waals surface area contributed by atoms with Crippen molar-refractivity contribution >= 4 is 39.3 Å². The van der Waals surface area contributed by atoms with Crippen LogP contribution in [0.15, 0.2) is 22.7 Å². The summed E-state index contributed by atoms with van der Waals surface area (Å²) in [5.41, 5.74) is 5.62. The van der Waals surface area contributed by atoms with Gasteiger partial charge in [-0.1, -0.05) is 17.7 Å². The van der Waals surface area contributed by atoms with Gasteiger partial charge in [0.05, 0.1) is 23.8 Å². The van der Waals surface area contributed by atoms with Crippen LogP contribution >= 0.6 is 27.5 Å². The second-order valence-electron chi connectivity index (χ2n) is 4.09. The van der Waals surface area contributed by atoms with Gasteiger partial charge in [0, 0.05) is 11.0 Å². The lowest BCUT2D eigenvalue weighted by atomic mass is 10.1. The standard InChI is InChI=1S/C12H12BrClN2O3/c13-8-3-1-2-7(10(8)14)12(18)16-4-5-19-6-9(16)11(15)17/h1-3,9H,4-6H2,(H2,15,17). The summed E-state index contributed by atoms with van der Waals surface area (Å²) in [6.07, 6.45) is 0. The van der Waals surface area contributed by atoms with Gasteiger partial charge in [0.1, 0.15) is 6.04 Å². The molecule has 1 saturated heterocycles. The Hall–Kier alpha value is -1.11. The predicted molar refractivity (Wildman–Crippen MR) is 74.0 cm³/mol. The number of ether oxygens (including phenoxy) is 1. The van der Waals surface area contributed by atoms with Crippen molar-refractivity contribution < 1.29 is 14.3 Å². The number of nitrogens with zero attached hydrogens (tertiary/aromatic N) is 1. The van der Waals surface area contributed by atoms with E-state index in [1.165, 1.54) is 4.90 Å². The molecule has 1 aliphatic heterocycles. The zero-order valence-corrected chi connectivity index (χ0v) is 12.3. The monoisotopic (exact) mass is 346 g/mol. The molecule has 5 nitrogen and oxygen atoms in total. The summed E-state index contributed by atoms with van der Waals surface area (Å²) in [5.74, 6) is -0.905. The van der Waals surface area contributed by atoms with Crippen LogP contribution in [0.3, 0.4) is 0 Å². The third kappa shape index (κ3) is 2.91. The number of halogens is 2. The highest BCUT2D eigenvalue weighted by Gasteiger charge is 2.32. The Bertz CT molecular complexity index is 524. The van der Waals surface area contributed by atoms with Gasteiger partial charge in [0.25, 0.3) is 5.91 Å². The minimum absolute atomic E-state index is 0.118. The second kappa shape index (κ2) is 5.90. The van der Waals surface area contributed by atoms with Gasteiger partial charge in [-0.25, -0.2) is 0 Å². The van der Waals surface area contributed by atoms with Crippen LogP contribution in [-0.4, -0.2) is 42.5 Å². The van der Waals surface area contributed by atoms with Crippen molar-refractivity contribution in [2.45, 2.75) is 6.04 Å². The maximum Gasteiger partial charge on any atom is 0.256 e. The molecule has 0 radical (unpaired) electrons. The Morgan fingerprint density at radius 2 is 2.21 bits per heavy atom. The van der Waals surface area contributed by atoms with Gasteiger partial charge in [-0.15, -0.1) is 0 Å². The number of benzene rings is 1. The lowest BCUT2D eigenvalue weighted by Gasteiger charge is -2.33. The molecule has 2 N–H and O–H groups in total. The summed E-state index contributed by atoms with van der Waals surface area (Å²) in [7, 11) is 0. The highest BCUT2D eigenvalue weighted by atomic mass is 79.9. The quantitative estimate of drug-likeness (QED) is 0.879. The Kier molecular flexibility index (Phi) is 4.44. The molecule has 2 rings (SSSR count). The number of hydrogen-bond donors (Lipinski definition) is 1. The van der Waals surface area contributed by atoms with Crippen LogP contribution < -0.4 is 5.73 Å². The predicted octanol–water partition coefficient (Wildman–Crippen LogP) is 1.43. The summed E-state index contributed by atoms with van der Waals surface area (Å²) >= 11 is 9.36. The minimum atomic E-state index is -0.753. The van der Waals surface area contributed by atoms with E-state index in [0.717, 1.165) is 0 Å². The molecule has 1 aliphatic rings. The SMILES string of the molecule is NC(=O)C1COCCN1C(=O)c1cccc(Br)c1Cl. The fourth-order valence-electron chi connectivity index (χ4n) is 1.91. The van der Waals surface area contributed by atoms with Gasteiger partial charge >= 0.3 is 0 Å². The molecule has 1 aromatic rings. The lowest BCUT2D eigenvalue weighted by molar-refractivity contribution is -0.127. The summed E-state index contributed by atoms with van der Waals surface area (Å²) in [6.45, 7) is 0.809. The highest BCUT2D eigenvalue weighted by molar-refractivity contribution is 9.10. The van der Waals surface area contributed by atoms with Crippen molar-refractivity contribution in [3.05, 3.63) is 33.3 Å². The van der Waals surface area contributed by atoms with E-state index < -0.39 is 11.9 Å². The van der Waals surface area contributed by atoms with E-state index in [1.54, 1.807) is 18.2 Å². The average molecular weight is 348 g/mol. The number of morpholine rings is 1. The molecule has 1 fully saturated rings. The molecule has 102 valence electrons. The molecule has 1 atom stereocenters. The second-order valence-corrected chi connectivity index (χ2v) is 5.33. The van der Waals surface area contributed by atoms with Gasteiger partial charge in [-0.2, -0.15) is 0 Å². The summed E-state index contributed by atoms with van der Waals surface area (Å²) in [4.78, 5) is 25.2. The fraction of sp³-hybridized carbons (Fsp3) is 0.333. The molecular weight excluding hydrogens is 336 g/mol. The zero-order valence-electron chi connectivity index (χ0n) is 9.94. The average Bonchev–Trinajstić information content (AvgIpc) is 2.41. The van der Waals surface area contributed by atoms with E-state index in [9.17, 15) is 9.59 Å². The van der Waals surface area contributed by atoms with Crippen LogP contribution in [0.4, 0.5) is 0 Å². The van der Waals surface area contributed by atoms with Crippen molar-refractivity contribution in [2.75, 3.05) is 19.8 Å². The smallest absolute Gasteiger partial charge is 0.256 e. The number of amides is 2. The van der Waals surface area contributed by atoms with E-state index in [1.807, 2.05) is 0 Å². The first-order valence-electron chi connectivity index (χ1n) is 5.64. The van der Waals surface area contributed by atoms with Crippen molar-refractivity contribution in [3.63, 3.8) is 0 Å². The molecule has 0 saturated carbocycles. The van der Waals surface area contributed by atoms with Gasteiger partial charge in [0.2, 0.25) is 5.91 Å². The molecule has 7 heteroatoms. The number of nitrogens with two attached hydrogens (primary N) is 1. The summed E-state index contributed by atoms with van der Waals surface area (Å²) in [6, 6.07) is 4.31. The third-order valence-electron chi connectivity index (χ3n) is 2.90. The van der Waals surface area contributed by atoms with Crippen molar-refractivity contribution in [1.82, 2.24) is 4.90 Å². The van der Waals surface area contributed by atoms with E-state index >= 15 is 0 Å². The van der Waals surface area contributed by atoms with Crippen LogP contribution in [0.25, 0.3) is 0 Å². The molecule has 0 bridgehead atoms. The van der Waals surface area contributed by atoms with Crippen molar-refractivity contribution in [2.24, 2.45) is 5.73 Å². The normalized spacial score (nSPS) is 19.3. The summed E-state index contributed by atoms with van der Waals surface area (Å²) < 4.78 is 5.81. The van der Waals surface area contributed by atoms with Gasteiger partial charge in [-0.3, -0.25) is 9.59 Å². The Morgan fingerprint density at radius 1 is 1.47 bits per heavy atom. The molecule has 1 heterocycles. The fourth-order valence-corrected chi connectivity index (χ4v) is 2.48. The maximum absolute atomic E-state index is 12.4. The van der Waals surface area contributed by atoms with E-state index in [-0.39, 0.29) is 12.5 Å². The van der Waals surface area contributed by atoms with Crippen LogP contribution in [0.1, 0.15) is 10.4 Å². The number of primary amides is 1.